The van der Waals surface area contributed by atoms with Crippen molar-refractivity contribution in [3.05, 3.63) is 71.8 Å². The normalized spacial score (nSPS) is 38.0. The van der Waals surface area contributed by atoms with Crippen molar-refractivity contribution >= 4 is 11.9 Å². The van der Waals surface area contributed by atoms with E-state index in [0.717, 1.165) is 49.4 Å². The number of fused-ring (bicyclic) bond motifs is 5. The van der Waals surface area contributed by atoms with Crippen molar-refractivity contribution in [3.8, 4) is 0 Å². The number of esters is 2. The Morgan fingerprint density at radius 1 is 0.717 bits per heavy atom. The Hall–Kier alpha value is -2.62. The number of carbonyl (C=O) groups is 2. The molecule has 0 bridgehead atoms. The Balaban J connectivity index is 0.973. The van der Waals surface area contributed by atoms with Crippen LogP contribution in [0.1, 0.15) is 132 Å². The minimum atomic E-state index is -0.366. The number of rotatable bonds is 9. The standard InChI is InChI=1S/C42H56O4/c1-28(15-22-37(29-16-17-29)45-38(43)30-11-7-5-8-12-30)34-20-21-35-33-19-18-32-27-40(2,46-39(44)31-13-9-6-10-14-31)25-26-41(32,3)36(33)23-24-42(34,35)4/h5-14,28-29,32-37H,15-27H2,1-4H3/t28-,32+,33?,34-,35+,36+,37?,40+,41+,42-/m1/s1. The molecule has 10 atom stereocenters. The van der Waals surface area contributed by atoms with E-state index in [1.807, 2.05) is 60.7 Å². The maximum Gasteiger partial charge on any atom is 0.338 e. The van der Waals surface area contributed by atoms with E-state index in [0.29, 0.717) is 39.7 Å². The molecule has 2 aromatic rings. The first kappa shape index (κ1) is 32.0. The van der Waals surface area contributed by atoms with Gasteiger partial charge in [-0.2, -0.15) is 0 Å². The Kier molecular flexibility index (Phi) is 8.64. The van der Waals surface area contributed by atoms with Crippen LogP contribution in [-0.4, -0.2) is 23.6 Å². The third-order valence-electron chi connectivity index (χ3n) is 14.4. The molecule has 7 rings (SSSR count). The van der Waals surface area contributed by atoms with Crippen molar-refractivity contribution in [3.63, 3.8) is 0 Å². The lowest BCUT2D eigenvalue weighted by molar-refractivity contribution is -0.149. The molecule has 46 heavy (non-hydrogen) atoms. The predicted octanol–water partition coefficient (Wildman–Crippen LogP) is 10.3. The summed E-state index contributed by atoms with van der Waals surface area (Å²) in [7, 11) is 0. The van der Waals surface area contributed by atoms with Crippen LogP contribution in [0.4, 0.5) is 0 Å². The van der Waals surface area contributed by atoms with Crippen LogP contribution >= 0.6 is 0 Å². The van der Waals surface area contributed by atoms with Crippen molar-refractivity contribution in [2.45, 2.75) is 123 Å². The number of benzene rings is 2. The van der Waals surface area contributed by atoms with Gasteiger partial charge in [-0.1, -0.05) is 57.2 Å². The average molecular weight is 625 g/mol. The SMILES string of the molecule is C[C@H](CCC(OC(=O)c1ccccc1)C1CC1)[C@H]1CC[C@H]2C3CC[C@H]4C[C@@](C)(OC(=O)c5ccccc5)CC[C@]4(C)[C@H]3CC[C@]12C. The molecule has 2 aromatic carbocycles. The van der Waals surface area contributed by atoms with Gasteiger partial charge in [0.1, 0.15) is 11.7 Å². The molecule has 0 radical (unpaired) electrons. The lowest BCUT2D eigenvalue weighted by Gasteiger charge is -2.62. The van der Waals surface area contributed by atoms with Gasteiger partial charge in [-0.05, 0) is 167 Å². The van der Waals surface area contributed by atoms with Crippen LogP contribution in [0.5, 0.6) is 0 Å². The van der Waals surface area contributed by atoms with Crippen molar-refractivity contribution in [1.82, 2.24) is 0 Å². The Labute approximate surface area is 277 Å². The first-order valence-electron chi connectivity index (χ1n) is 18.6. The summed E-state index contributed by atoms with van der Waals surface area (Å²) in [5.41, 5.74) is 1.74. The van der Waals surface area contributed by atoms with Crippen LogP contribution in [0, 0.1) is 52.3 Å². The molecule has 5 aliphatic rings. The summed E-state index contributed by atoms with van der Waals surface area (Å²) >= 11 is 0. The number of hydrogen-bond acceptors (Lipinski definition) is 4. The van der Waals surface area contributed by atoms with Gasteiger partial charge in [-0.25, -0.2) is 9.59 Å². The van der Waals surface area contributed by atoms with Crippen LogP contribution in [0.3, 0.4) is 0 Å². The number of carbonyl (C=O) groups excluding carboxylic acids is 2. The van der Waals surface area contributed by atoms with E-state index in [4.69, 9.17) is 9.47 Å². The molecule has 0 heterocycles. The summed E-state index contributed by atoms with van der Waals surface area (Å²) in [6, 6.07) is 19.0. The molecule has 4 heteroatoms. The fourth-order valence-corrected chi connectivity index (χ4v) is 11.6. The molecule has 5 aliphatic carbocycles. The van der Waals surface area contributed by atoms with Crippen molar-refractivity contribution in [1.29, 1.82) is 0 Å². The summed E-state index contributed by atoms with van der Waals surface area (Å²) < 4.78 is 12.4. The van der Waals surface area contributed by atoms with Crippen LogP contribution in [0.15, 0.2) is 60.7 Å². The third kappa shape index (κ3) is 5.96. The summed E-state index contributed by atoms with van der Waals surface area (Å²) in [5.74, 6) is 4.74. The fraction of sp³-hybridized carbons (Fsp3) is 0.667. The Morgan fingerprint density at radius 2 is 1.37 bits per heavy atom. The lowest BCUT2D eigenvalue weighted by atomic mass is 9.43. The summed E-state index contributed by atoms with van der Waals surface area (Å²) in [6.07, 6.45) is 15.8. The first-order valence-corrected chi connectivity index (χ1v) is 18.6. The van der Waals surface area contributed by atoms with E-state index in [2.05, 4.69) is 27.7 Å². The largest absolute Gasteiger partial charge is 0.458 e. The quantitative estimate of drug-likeness (QED) is 0.261. The molecule has 0 aliphatic heterocycles. The van der Waals surface area contributed by atoms with E-state index in [-0.39, 0.29) is 23.6 Å². The summed E-state index contributed by atoms with van der Waals surface area (Å²) in [6.45, 7) is 9.96. The molecule has 4 nitrogen and oxygen atoms in total. The van der Waals surface area contributed by atoms with Crippen molar-refractivity contribution in [2.75, 3.05) is 0 Å². The molecular weight excluding hydrogens is 568 g/mol. The highest BCUT2D eigenvalue weighted by atomic mass is 16.6. The highest BCUT2D eigenvalue weighted by Gasteiger charge is 2.61. The van der Waals surface area contributed by atoms with Crippen molar-refractivity contribution in [2.24, 2.45) is 52.3 Å². The van der Waals surface area contributed by atoms with Gasteiger partial charge < -0.3 is 9.47 Å². The maximum atomic E-state index is 13.0. The second kappa shape index (κ2) is 12.4. The third-order valence-corrected chi connectivity index (χ3v) is 14.4. The molecule has 5 fully saturated rings. The van der Waals surface area contributed by atoms with E-state index >= 15 is 0 Å². The second-order valence-electron chi connectivity index (χ2n) is 17.0. The van der Waals surface area contributed by atoms with Gasteiger partial charge in [0.25, 0.3) is 0 Å². The lowest BCUT2D eigenvalue weighted by Crippen LogP contribution is -2.56. The molecule has 5 saturated carbocycles. The molecule has 0 amide bonds. The predicted molar refractivity (Wildman–Crippen MR) is 182 cm³/mol. The van der Waals surface area contributed by atoms with Crippen LogP contribution in [-0.2, 0) is 9.47 Å². The molecule has 0 spiro atoms. The Morgan fingerprint density at radius 3 is 2.04 bits per heavy atom. The van der Waals surface area contributed by atoms with Crippen LogP contribution in [0.2, 0.25) is 0 Å². The molecule has 0 aromatic heterocycles. The summed E-state index contributed by atoms with van der Waals surface area (Å²) in [4.78, 5) is 25.9. The maximum absolute atomic E-state index is 13.0. The Bertz CT molecular complexity index is 1380. The van der Waals surface area contributed by atoms with Gasteiger partial charge in [0.2, 0.25) is 0 Å². The van der Waals surface area contributed by atoms with E-state index in [1.165, 1.54) is 57.8 Å². The van der Waals surface area contributed by atoms with E-state index in [1.54, 1.807) is 0 Å². The minimum Gasteiger partial charge on any atom is -0.458 e. The molecule has 248 valence electrons. The monoisotopic (exact) mass is 624 g/mol. The smallest absolute Gasteiger partial charge is 0.338 e. The average Bonchev–Trinajstić information content (AvgIpc) is 3.84. The van der Waals surface area contributed by atoms with Gasteiger partial charge in [0.15, 0.2) is 0 Å². The van der Waals surface area contributed by atoms with Crippen LogP contribution in [0.25, 0.3) is 0 Å². The second-order valence-corrected chi connectivity index (χ2v) is 17.0. The van der Waals surface area contributed by atoms with Crippen molar-refractivity contribution < 1.29 is 19.1 Å². The van der Waals surface area contributed by atoms with Gasteiger partial charge >= 0.3 is 11.9 Å². The zero-order valence-electron chi connectivity index (χ0n) is 28.7. The topological polar surface area (TPSA) is 52.6 Å². The van der Waals surface area contributed by atoms with Gasteiger partial charge in [0, 0.05) is 0 Å². The zero-order valence-corrected chi connectivity index (χ0v) is 28.7. The highest BCUT2D eigenvalue weighted by molar-refractivity contribution is 5.90. The first-order chi connectivity index (χ1) is 22.1. The van der Waals surface area contributed by atoms with Crippen LogP contribution < -0.4 is 0 Å². The zero-order chi connectivity index (χ0) is 32.1. The molecule has 0 saturated heterocycles. The van der Waals surface area contributed by atoms with E-state index < -0.39 is 0 Å². The molecule has 2 unspecified atom stereocenters. The minimum absolute atomic E-state index is 0.0649. The van der Waals surface area contributed by atoms with E-state index in [9.17, 15) is 9.59 Å². The molecular formula is C42H56O4. The highest BCUT2D eigenvalue weighted by Crippen LogP contribution is 2.69. The summed E-state index contributed by atoms with van der Waals surface area (Å²) in [5, 5.41) is 0. The van der Waals surface area contributed by atoms with Gasteiger partial charge in [0.05, 0.1) is 11.1 Å². The van der Waals surface area contributed by atoms with Gasteiger partial charge in [-0.15, -0.1) is 0 Å². The number of hydrogen-bond donors (Lipinski definition) is 0. The van der Waals surface area contributed by atoms with Gasteiger partial charge in [-0.3, -0.25) is 0 Å². The fourth-order valence-electron chi connectivity index (χ4n) is 11.6. The number of ether oxygens (including phenoxy) is 2. The molecule has 0 N–H and O–H groups in total.